The molecule has 1 amide bonds. The van der Waals surface area contributed by atoms with E-state index in [1.165, 1.54) is 6.08 Å². The van der Waals surface area contributed by atoms with E-state index >= 15 is 0 Å². The number of hydrogen-bond acceptors (Lipinski definition) is 7. The second kappa shape index (κ2) is 14.6. The molecule has 5 rings (SSSR count). The first-order chi connectivity index (χ1) is 22.9. The summed E-state index contributed by atoms with van der Waals surface area (Å²) in [7, 11) is 0. The van der Waals surface area contributed by atoms with Crippen molar-refractivity contribution in [1.82, 2.24) is 29.3 Å². The average molecular weight is 670 g/mol. The number of carbonyl (C=O) groups excluding carboxylic acids is 1. The third-order valence-electron chi connectivity index (χ3n) is 9.45. The molecule has 0 N–H and O–H groups in total. The van der Waals surface area contributed by atoms with Gasteiger partial charge < -0.3 is 9.80 Å². The minimum absolute atomic E-state index is 0.0306. The maximum Gasteiger partial charge on any atom is 0.355 e. The van der Waals surface area contributed by atoms with Crippen molar-refractivity contribution >= 4 is 34.4 Å². The standard InChI is InChI=1S/C38H48ClN7O2/c1-10-32(47)44-20-26(9)45(21-25(44)8)36-30-19-31(39)34(29-16-14-13-15-28(29)23(4)5)41-37(30)46(38(48)42-36)35-27(22-43(11-2)12-3)17-18-40-33(35)24(6)7/h10,13-19,23-26H,1,11-12,20-22H2,2-9H3/t25-,26+/m1/s1. The maximum absolute atomic E-state index is 14.6. The number of aromatic nitrogens is 4. The van der Waals surface area contributed by atoms with Crippen LogP contribution in [0.3, 0.4) is 0 Å². The number of hydrogen-bond donors (Lipinski definition) is 0. The first kappa shape index (κ1) is 35.2. The summed E-state index contributed by atoms with van der Waals surface area (Å²) in [6, 6.07) is 11.8. The zero-order valence-corrected chi connectivity index (χ0v) is 30.3. The van der Waals surface area contributed by atoms with E-state index in [0.29, 0.717) is 52.9 Å². The highest BCUT2D eigenvalue weighted by Crippen LogP contribution is 2.38. The highest BCUT2D eigenvalue weighted by molar-refractivity contribution is 6.34. The van der Waals surface area contributed by atoms with E-state index in [1.807, 2.05) is 55.3 Å². The third-order valence-corrected chi connectivity index (χ3v) is 9.74. The number of pyridine rings is 2. The average Bonchev–Trinajstić information content (AvgIpc) is 3.07. The minimum Gasteiger partial charge on any atom is -0.349 e. The van der Waals surface area contributed by atoms with Crippen LogP contribution in [0.5, 0.6) is 0 Å². The Hall–Kier alpha value is -4.08. The van der Waals surface area contributed by atoms with E-state index in [2.05, 4.69) is 64.0 Å². The normalized spacial score (nSPS) is 16.8. The lowest BCUT2D eigenvalue weighted by atomic mass is 9.95. The highest BCUT2D eigenvalue weighted by Gasteiger charge is 2.34. The molecule has 1 aliphatic rings. The quantitative estimate of drug-likeness (QED) is 0.165. The Balaban J connectivity index is 1.86. The van der Waals surface area contributed by atoms with Gasteiger partial charge >= 0.3 is 5.69 Å². The van der Waals surface area contributed by atoms with Gasteiger partial charge in [0.05, 0.1) is 27.5 Å². The summed E-state index contributed by atoms with van der Waals surface area (Å²) >= 11 is 7.15. The van der Waals surface area contributed by atoms with Crippen LogP contribution in [0.15, 0.2) is 60.0 Å². The molecule has 3 aromatic heterocycles. The lowest BCUT2D eigenvalue weighted by Gasteiger charge is -2.44. The van der Waals surface area contributed by atoms with Crippen molar-refractivity contribution in [2.24, 2.45) is 0 Å². The molecule has 0 radical (unpaired) electrons. The molecule has 0 aliphatic carbocycles. The Morgan fingerprint density at radius 3 is 2.40 bits per heavy atom. The molecule has 1 fully saturated rings. The predicted octanol–water partition coefficient (Wildman–Crippen LogP) is 7.20. The molecule has 4 heterocycles. The van der Waals surface area contributed by atoms with Gasteiger partial charge in [-0.25, -0.2) is 14.3 Å². The van der Waals surface area contributed by atoms with Crippen molar-refractivity contribution in [2.45, 2.75) is 85.9 Å². The summed E-state index contributed by atoms with van der Waals surface area (Å²) in [5, 5.41) is 1.14. The largest absolute Gasteiger partial charge is 0.355 e. The lowest BCUT2D eigenvalue weighted by Crippen LogP contribution is -2.58. The number of benzene rings is 1. The Labute approximate surface area is 289 Å². The van der Waals surface area contributed by atoms with Gasteiger partial charge in [0.15, 0.2) is 5.65 Å². The van der Waals surface area contributed by atoms with Gasteiger partial charge in [0.25, 0.3) is 0 Å². The monoisotopic (exact) mass is 669 g/mol. The van der Waals surface area contributed by atoms with E-state index in [4.69, 9.17) is 26.6 Å². The molecule has 0 saturated carbocycles. The Morgan fingerprint density at radius 2 is 1.75 bits per heavy atom. The number of nitrogens with zero attached hydrogens (tertiary/aromatic N) is 7. The van der Waals surface area contributed by atoms with Crippen LogP contribution in [0.1, 0.15) is 84.0 Å². The second-order valence-corrected chi connectivity index (χ2v) is 13.8. The zero-order valence-electron chi connectivity index (χ0n) is 29.5. The van der Waals surface area contributed by atoms with Crippen LogP contribution in [0, 0.1) is 0 Å². The number of halogens is 1. The van der Waals surface area contributed by atoms with Crippen LogP contribution in [0.4, 0.5) is 5.82 Å². The van der Waals surface area contributed by atoms with Gasteiger partial charge in [0, 0.05) is 43.5 Å². The van der Waals surface area contributed by atoms with Crippen LogP contribution in [0.2, 0.25) is 5.02 Å². The molecular weight excluding hydrogens is 622 g/mol. The van der Waals surface area contributed by atoms with E-state index in [9.17, 15) is 9.59 Å². The fourth-order valence-electron chi connectivity index (χ4n) is 6.79. The fourth-order valence-corrected chi connectivity index (χ4v) is 7.04. The molecule has 0 spiro atoms. The number of anilines is 1. The number of piperazine rings is 1. The van der Waals surface area contributed by atoms with E-state index < -0.39 is 5.69 Å². The number of fused-ring (bicyclic) bond motifs is 1. The zero-order chi connectivity index (χ0) is 34.9. The number of carbonyl (C=O) groups is 1. The van der Waals surface area contributed by atoms with Crippen LogP contribution >= 0.6 is 11.6 Å². The molecule has 1 saturated heterocycles. The first-order valence-electron chi connectivity index (χ1n) is 17.0. The summed E-state index contributed by atoms with van der Waals surface area (Å²) < 4.78 is 1.66. The van der Waals surface area contributed by atoms with Crippen molar-refractivity contribution < 1.29 is 4.79 Å². The third kappa shape index (κ3) is 6.63. The summed E-state index contributed by atoms with van der Waals surface area (Å²) in [5.74, 6) is 0.657. The first-order valence-corrected chi connectivity index (χ1v) is 17.4. The van der Waals surface area contributed by atoms with Crippen LogP contribution in [-0.2, 0) is 11.3 Å². The smallest absolute Gasteiger partial charge is 0.349 e. The van der Waals surface area contributed by atoms with Crippen molar-refractivity contribution in [2.75, 3.05) is 31.1 Å². The molecule has 0 bridgehead atoms. The molecule has 10 heteroatoms. The highest BCUT2D eigenvalue weighted by atomic mass is 35.5. The van der Waals surface area contributed by atoms with Gasteiger partial charge in [-0.15, -0.1) is 0 Å². The van der Waals surface area contributed by atoms with Crippen molar-refractivity contribution in [3.63, 3.8) is 0 Å². The van der Waals surface area contributed by atoms with Crippen molar-refractivity contribution in [3.05, 3.63) is 87.6 Å². The molecule has 254 valence electrons. The number of rotatable bonds is 10. The predicted molar refractivity (Wildman–Crippen MR) is 196 cm³/mol. The van der Waals surface area contributed by atoms with Crippen LogP contribution in [-0.4, -0.2) is 73.5 Å². The Morgan fingerprint density at radius 1 is 1.04 bits per heavy atom. The summed E-state index contributed by atoms with van der Waals surface area (Å²) in [6.07, 6.45) is 3.18. The summed E-state index contributed by atoms with van der Waals surface area (Å²) in [5.41, 5.74) is 5.20. The Bertz CT molecular complexity index is 1880. The van der Waals surface area contributed by atoms with Gasteiger partial charge in [0.1, 0.15) is 5.82 Å². The SMILES string of the molecule is C=CC(=O)N1C[C@H](C)N(c2nc(=O)n(-c3c(CN(CC)CC)ccnc3C(C)C)c3nc(-c4ccccc4C(C)C)c(Cl)cc23)C[C@H]1C. The van der Waals surface area contributed by atoms with E-state index in [1.54, 1.807) is 4.57 Å². The van der Waals surface area contributed by atoms with Gasteiger partial charge in [-0.1, -0.05) is 84.0 Å². The van der Waals surface area contributed by atoms with Gasteiger partial charge in [-0.2, -0.15) is 4.98 Å². The molecule has 1 aliphatic heterocycles. The molecule has 2 atom stereocenters. The lowest BCUT2D eigenvalue weighted by molar-refractivity contribution is -0.128. The maximum atomic E-state index is 14.6. The Kier molecular flexibility index (Phi) is 10.7. The molecule has 9 nitrogen and oxygen atoms in total. The van der Waals surface area contributed by atoms with E-state index in [-0.39, 0.29) is 29.8 Å². The van der Waals surface area contributed by atoms with Gasteiger partial charge in [-0.05, 0) is 68.1 Å². The molecule has 1 aromatic carbocycles. The number of amides is 1. The second-order valence-electron chi connectivity index (χ2n) is 13.4. The molecular formula is C38H48ClN7O2. The van der Waals surface area contributed by atoms with Crippen LogP contribution < -0.4 is 10.6 Å². The van der Waals surface area contributed by atoms with Gasteiger partial charge in [-0.3, -0.25) is 14.7 Å². The van der Waals surface area contributed by atoms with E-state index in [0.717, 1.165) is 35.5 Å². The van der Waals surface area contributed by atoms with Crippen LogP contribution in [0.25, 0.3) is 28.0 Å². The summed E-state index contributed by atoms with van der Waals surface area (Å²) in [4.78, 5) is 48.4. The van der Waals surface area contributed by atoms with Crippen molar-refractivity contribution in [3.8, 4) is 16.9 Å². The molecule has 0 unspecified atom stereocenters. The topological polar surface area (TPSA) is 87.5 Å². The molecule has 4 aromatic rings. The summed E-state index contributed by atoms with van der Waals surface area (Å²) in [6.45, 7) is 23.8. The van der Waals surface area contributed by atoms with Gasteiger partial charge in [0.2, 0.25) is 5.91 Å². The molecule has 48 heavy (non-hydrogen) atoms. The fraction of sp³-hybridized carbons (Fsp3) is 0.447. The van der Waals surface area contributed by atoms with Crippen molar-refractivity contribution in [1.29, 1.82) is 0 Å². The minimum atomic E-state index is -0.435.